The van der Waals surface area contributed by atoms with E-state index in [0.29, 0.717) is 12.8 Å². The third kappa shape index (κ3) is 1.64. The highest BCUT2D eigenvalue weighted by Gasteiger charge is 2.65. The normalized spacial score (nSPS) is 40.2. The zero-order valence-electron chi connectivity index (χ0n) is 13.4. The Morgan fingerprint density at radius 1 is 1.29 bits per heavy atom. The molecule has 4 rings (SSSR count). The van der Waals surface area contributed by atoms with Crippen LogP contribution in [0.5, 0.6) is 17.2 Å². The molecule has 6 unspecified atom stereocenters. The van der Waals surface area contributed by atoms with Crippen molar-refractivity contribution in [3.63, 3.8) is 0 Å². The zero-order valence-corrected chi connectivity index (χ0v) is 13.4. The number of phenols is 2. The van der Waals surface area contributed by atoms with E-state index in [-0.39, 0.29) is 34.2 Å². The average molecular weight is 336 g/mol. The molecule has 7 heteroatoms. The molecular weight excluding hydrogens is 316 g/mol. The Morgan fingerprint density at radius 2 is 2.00 bits per heavy atom. The highest BCUT2D eigenvalue weighted by molar-refractivity contribution is 6.05. The van der Waals surface area contributed by atoms with E-state index in [2.05, 4.69) is 0 Å². The number of aliphatic hydroxyl groups excluding tert-OH is 2. The third-order valence-electron chi connectivity index (χ3n) is 6.09. The maximum Gasteiger partial charge on any atom is 0.171 e. The molecule has 0 radical (unpaired) electrons. The summed E-state index contributed by atoms with van der Waals surface area (Å²) in [7, 11) is 1.33. The summed E-state index contributed by atoms with van der Waals surface area (Å²) in [6.07, 6.45) is -2.00. The molecule has 0 spiro atoms. The van der Waals surface area contributed by atoms with E-state index in [1.165, 1.54) is 13.2 Å². The van der Waals surface area contributed by atoms with Crippen molar-refractivity contribution in [1.82, 2.24) is 0 Å². The number of benzene rings is 1. The molecule has 7 nitrogen and oxygen atoms in total. The van der Waals surface area contributed by atoms with Crippen molar-refractivity contribution in [2.24, 2.45) is 17.3 Å². The first kappa shape index (κ1) is 15.7. The Morgan fingerprint density at radius 3 is 2.67 bits per heavy atom. The number of methoxy groups -OCH3 is 1. The van der Waals surface area contributed by atoms with Crippen molar-refractivity contribution < 1.29 is 34.7 Å². The van der Waals surface area contributed by atoms with Crippen molar-refractivity contribution in [3.8, 4) is 17.2 Å². The Hall–Kier alpha value is -1.83. The fourth-order valence-corrected chi connectivity index (χ4v) is 4.86. The van der Waals surface area contributed by atoms with E-state index >= 15 is 0 Å². The second-order valence-electron chi connectivity index (χ2n) is 7.11. The molecule has 3 aliphatic rings. The number of aromatic hydroxyl groups is 2. The van der Waals surface area contributed by atoms with Gasteiger partial charge in [0.05, 0.1) is 24.9 Å². The summed E-state index contributed by atoms with van der Waals surface area (Å²) in [6, 6.07) is 1.19. The predicted molar refractivity (Wildman–Crippen MR) is 80.8 cm³/mol. The first-order valence-electron chi connectivity index (χ1n) is 8.01. The fourth-order valence-electron chi connectivity index (χ4n) is 4.86. The molecule has 1 saturated heterocycles. The molecule has 4 N–H and O–H groups in total. The molecule has 2 aliphatic carbocycles. The number of hydrogen-bond acceptors (Lipinski definition) is 7. The van der Waals surface area contributed by atoms with Gasteiger partial charge in [-0.05, 0) is 12.8 Å². The van der Waals surface area contributed by atoms with Gasteiger partial charge in [-0.25, -0.2) is 0 Å². The van der Waals surface area contributed by atoms with Gasteiger partial charge in [-0.15, -0.1) is 0 Å². The molecule has 6 atom stereocenters. The van der Waals surface area contributed by atoms with E-state index < -0.39 is 35.7 Å². The lowest BCUT2D eigenvalue weighted by Crippen LogP contribution is -2.63. The van der Waals surface area contributed by atoms with Gasteiger partial charge < -0.3 is 29.9 Å². The first-order valence-corrected chi connectivity index (χ1v) is 8.01. The van der Waals surface area contributed by atoms with Gasteiger partial charge in [-0.3, -0.25) is 4.79 Å². The highest BCUT2D eigenvalue weighted by atomic mass is 16.6. The lowest BCUT2D eigenvalue weighted by molar-refractivity contribution is -0.294. The fraction of sp³-hybridized carbons (Fsp3) is 0.588. The maximum absolute atomic E-state index is 13.1. The molecule has 130 valence electrons. The van der Waals surface area contributed by atoms with Gasteiger partial charge in [0.25, 0.3) is 0 Å². The molecule has 0 amide bonds. The number of phenolic OH excluding ortho intramolecular Hbond substituents is 2. The molecule has 2 fully saturated rings. The van der Waals surface area contributed by atoms with Crippen molar-refractivity contribution in [1.29, 1.82) is 0 Å². The Bertz CT molecular complexity index is 730. The summed E-state index contributed by atoms with van der Waals surface area (Å²) in [6.45, 7) is 1.74. The summed E-state index contributed by atoms with van der Waals surface area (Å²) in [4.78, 5) is 13.1. The molecule has 1 saturated carbocycles. The van der Waals surface area contributed by atoms with Crippen molar-refractivity contribution >= 4 is 5.78 Å². The van der Waals surface area contributed by atoms with E-state index in [1.54, 1.807) is 6.92 Å². The number of rotatable bonds is 1. The van der Waals surface area contributed by atoms with Crippen molar-refractivity contribution in [2.75, 3.05) is 7.11 Å². The van der Waals surface area contributed by atoms with Crippen LogP contribution in [-0.4, -0.2) is 45.7 Å². The van der Waals surface area contributed by atoms with E-state index in [4.69, 9.17) is 9.47 Å². The second-order valence-corrected chi connectivity index (χ2v) is 7.11. The van der Waals surface area contributed by atoms with Crippen LogP contribution in [0.4, 0.5) is 0 Å². The topological polar surface area (TPSA) is 116 Å². The first-order chi connectivity index (χ1) is 11.3. The summed E-state index contributed by atoms with van der Waals surface area (Å²) >= 11 is 0. The van der Waals surface area contributed by atoms with Crippen LogP contribution in [0.25, 0.3) is 0 Å². The van der Waals surface area contributed by atoms with E-state index in [9.17, 15) is 25.2 Å². The van der Waals surface area contributed by atoms with Gasteiger partial charge >= 0.3 is 0 Å². The highest BCUT2D eigenvalue weighted by Crippen LogP contribution is 2.65. The van der Waals surface area contributed by atoms with Gasteiger partial charge in [0.1, 0.15) is 5.75 Å². The molecule has 0 aromatic heterocycles. The Kier molecular flexibility index (Phi) is 3.16. The minimum atomic E-state index is -1.16. The van der Waals surface area contributed by atoms with Gasteiger partial charge in [0.2, 0.25) is 0 Å². The number of carbonyl (C=O) groups is 1. The lowest BCUT2D eigenvalue weighted by atomic mass is 9.51. The quantitative estimate of drug-likeness (QED) is 0.567. The largest absolute Gasteiger partial charge is 0.507 e. The minimum absolute atomic E-state index is 0.00612. The van der Waals surface area contributed by atoms with Crippen LogP contribution in [0.1, 0.15) is 41.8 Å². The molecule has 1 aromatic carbocycles. The monoisotopic (exact) mass is 336 g/mol. The van der Waals surface area contributed by atoms with E-state index in [0.717, 1.165) is 0 Å². The van der Waals surface area contributed by atoms with Gasteiger partial charge in [-0.1, -0.05) is 6.92 Å². The molecule has 24 heavy (non-hydrogen) atoms. The average Bonchev–Trinajstić information content (AvgIpc) is 2.54. The van der Waals surface area contributed by atoms with Crippen LogP contribution >= 0.6 is 0 Å². The Labute approximate surface area is 138 Å². The summed E-state index contributed by atoms with van der Waals surface area (Å²) in [5.74, 6) is -2.11. The zero-order chi connectivity index (χ0) is 17.4. The number of fused-ring (bicyclic) bond motifs is 2. The van der Waals surface area contributed by atoms with Crippen LogP contribution < -0.4 is 4.74 Å². The van der Waals surface area contributed by atoms with Crippen molar-refractivity contribution in [3.05, 3.63) is 17.2 Å². The number of hydrogen-bond donors (Lipinski definition) is 4. The van der Waals surface area contributed by atoms with Crippen LogP contribution in [0.15, 0.2) is 6.07 Å². The number of Topliss-reactive ketones (excluding diaryl/α,β-unsaturated/α-hetero) is 1. The smallest absolute Gasteiger partial charge is 0.171 e. The summed E-state index contributed by atoms with van der Waals surface area (Å²) < 4.78 is 10.8. The minimum Gasteiger partial charge on any atom is -0.507 e. The number of aliphatic hydroxyl groups is 2. The van der Waals surface area contributed by atoms with Gasteiger partial charge in [0, 0.05) is 28.9 Å². The summed E-state index contributed by atoms with van der Waals surface area (Å²) in [5, 5.41) is 41.8. The second kappa shape index (κ2) is 4.84. The van der Waals surface area contributed by atoms with Crippen molar-refractivity contribution in [2.45, 2.75) is 38.3 Å². The number of carbonyl (C=O) groups excluding carboxylic acids is 1. The third-order valence-corrected chi connectivity index (χ3v) is 6.09. The van der Waals surface area contributed by atoms with Gasteiger partial charge in [0.15, 0.2) is 23.6 Å². The standard InChI is InChI=1S/C17H20O7/c1-17-9(19)4-3-6-12(17)14(21)10-7(18)5-8(23-2)13(20)11(10)15(17)24-16(6)22/h5-6,9,12,15-16,18-20,22H,3-4H2,1-2H3. The predicted octanol–water partition coefficient (Wildman–Crippen LogP) is 1.09. The van der Waals surface area contributed by atoms with E-state index in [1.807, 2.05) is 0 Å². The molecule has 1 aliphatic heterocycles. The molecule has 4 bridgehead atoms. The number of ketones is 1. The van der Waals surface area contributed by atoms with Crippen LogP contribution in [-0.2, 0) is 4.74 Å². The van der Waals surface area contributed by atoms with Crippen LogP contribution in [0.3, 0.4) is 0 Å². The number of ether oxygens (including phenoxy) is 2. The Balaban J connectivity index is 2.04. The molecule has 1 aromatic rings. The SMILES string of the molecule is COc1cc(O)c2c(c1O)C1OC(O)C3CCC(O)C1(C)C3C2=O. The van der Waals surface area contributed by atoms with Crippen LogP contribution in [0, 0.1) is 17.3 Å². The molecular formula is C17H20O7. The van der Waals surface area contributed by atoms with Crippen LogP contribution in [0.2, 0.25) is 0 Å². The molecule has 1 heterocycles. The maximum atomic E-state index is 13.1. The van der Waals surface area contributed by atoms with Gasteiger partial charge in [-0.2, -0.15) is 0 Å². The summed E-state index contributed by atoms with van der Waals surface area (Å²) in [5.41, 5.74) is -0.913. The lowest BCUT2D eigenvalue weighted by Gasteiger charge is -2.59.